The average Bonchev–Trinajstić information content (AvgIpc) is 3.09. The topological polar surface area (TPSA) is 154 Å². The lowest BCUT2D eigenvalue weighted by Gasteiger charge is -2.27. The highest BCUT2D eigenvalue weighted by Crippen LogP contribution is 2.45. The van der Waals surface area contributed by atoms with Gasteiger partial charge in [0, 0.05) is 18.4 Å². The summed E-state index contributed by atoms with van der Waals surface area (Å²) in [4.78, 5) is 22.4. The van der Waals surface area contributed by atoms with Gasteiger partial charge in [-0.3, -0.25) is 9.78 Å². The Kier molecular flexibility index (Phi) is 4.04. The van der Waals surface area contributed by atoms with Crippen molar-refractivity contribution in [3.63, 3.8) is 0 Å². The van der Waals surface area contributed by atoms with Gasteiger partial charge in [-0.25, -0.2) is 4.98 Å². The third-order valence-corrected chi connectivity index (χ3v) is 4.60. The smallest absolute Gasteiger partial charge is 0.280 e. The number of aliphatic hydroxyl groups excluding tert-OH is 1. The highest BCUT2D eigenvalue weighted by molar-refractivity contribution is 6.25. The fraction of sp³-hybridized carbons (Fsp3) is 0.429. The summed E-state index contributed by atoms with van der Waals surface area (Å²) in [6.45, 7) is 0. The van der Waals surface area contributed by atoms with Crippen LogP contribution in [0.1, 0.15) is 25.3 Å². The summed E-state index contributed by atoms with van der Waals surface area (Å²) in [5.74, 6) is -0.0524. The molecule has 5 N–H and O–H groups in total. The number of nitrogens with one attached hydrogen (secondary N) is 1. The number of nitrogens with two attached hydrogens (primary N) is 1. The molecular formula is C14H15ClN6O3. The fourth-order valence-corrected chi connectivity index (χ4v) is 3.32. The van der Waals surface area contributed by atoms with Crippen molar-refractivity contribution < 1.29 is 10.2 Å². The number of H-pyrrole nitrogens is 1. The van der Waals surface area contributed by atoms with Crippen LogP contribution >= 0.6 is 11.6 Å². The van der Waals surface area contributed by atoms with Gasteiger partial charge in [-0.2, -0.15) is 10.2 Å². The Morgan fingerprint density at radius 1 is 1.71 bits per heavy atom. The summed E-state index contributed by atoms with van der Waals surface area (Å²) in [5, 5.41) is 29.5. The van der Waals surface area contributed by atoms with Crippen LogP contribution in [0.4, 0.5) is 5.95 Å². The Morgan fingerprint density at radius 3 is 3.12 bits per heavy atom. The molecule has 0 saturated heterocycles. The van der Waals surface area contributed by atoms with Crippen molar-refractivity contribution in [3.05, 3.63) is 27.8 Å². The van der Waals surface area contributed by atoms with Crippen molar-refractivity contribution in [2.45, 2.75) is 37.0 Å². The van der Waals surface area contributed by atoms with Crippen molar-refractivity contribution in [1.29, 1.82) is 5.26 Å². The van der Waals surface area contributed by atoms with E-state index in [-0.39, 0.29) is 36.4 Å². The second-order valence-electron chi connectivity index (χ2n) is 5.84. The Labute approximate surface area is 141 Å². The van der Waals surface area contributed by atoms with E-state index in [0.717, 1.165) is 0 Å². The van der Waals surface area contributed by atoms with E-state index < -0.39 is 23.3 Å². The molecule has 1 aliphatic rings. The zero-order valence-electron chi connectivity index (χ0n) is 12.5. The number of halogens is 1. The van der Waals surface area contributed by atoms with Gasteiger partial charge >= 0.3 is 0 Å². The van der Waals surface area contributed by atoms with E-state index in [1.165, 1.54) is 11.9 Å². The van der Waals surface area contributed by atoms with Crippen LogP contribution in [0, 0.1) is 11.3 Å². The van der Waals surface area contributed by atoms with Crippen molar-refractivity contribution in [2.24, 2.45) is 0 Å². The molecule has 9 nitrogen and oxygen atoms in total. The van der Waals surface area contributed by atoms with Gasteiger partial charge in [0.1, 0.15) is 0 Å². The number of aromatic nitrogens is 4. The summed E-state index contributed by atoms with van der Waals surface area (Å²) in [7, 11) is 0. The van der Waals surface area contributed by atoms with Gasteiger partial charge < -0.3 is 20.5 Å². The van der Waals surface area contributed by atoms with Crippen LogP contribution in [0.25, 0.3) is 11.2 Å². The molecule has 0 spiro atoms. The van der Waals surface area contributed by atoms with E-state index in [4.69, 9.17) is 22.6 Å². The van der Waals surface area contributed by atoms with Crippen LogP contribution in [-0.2, 0) is 0 Å². The fourth-order valence-electron chi connectivity index (χ4n) is 3.10. The predicted molar refractivity (Wildman–Crippen MR) is 86.0 cm³/mol. The minimum absolute atomic E-state index is 0.0524. The molecule has 2 aromatic rings. The minimum Gasteiger partial charge on any atom is -0.389 e. The first-order valence-electron chi connectivity index (χ1n) is 7.18. The molecule has 24 heavy (non-hydrogen) atoms. The van der Waals surface area contributed by atoms with Crippen LogP contribution in [0.3, 0.4) is 0 Å². The zero-order chi connectivity index (χ0) is 17.5. The standard InChI is InChI=1S/C14H15ClN6O3/c15-5-7-3-14(24,9(22)1-2-16)4-8(7)21-6-18-10-11(21)19-13(17)20-12(10)23/h5-6,8-9,22,24H,1,3-4H2,(H3,17,19,20,23)/b7-5+/t8-,9?,14-/m0/s1. The lowest BCUT2D eigenvalue weighted by Crippen LogP contribution is -2.39. The Balaban J connectivity index is 2.07. The maximum Gasteiger partial charge on any atom is 0.280 e. The number of nitrogens with zero attached hydrogens (tertiary/aromatic N) is 4. The van der Waals surface area contributed by atoms with Gasteiger partial charge in [0.05, 0.1) is 36.6 Å². The molecule has 1 unspecified atom stereocenters. The zero-order valence-corrected chi connectivity index (χ0v) is 13.2. The van der Waals surface area contributed by atoms with Gasteiger partial charge in [-0.15, -0.1) is 0 Å². The first-order valence-corrected chi connectivity index (χ1v) is 7.62. The second kappa shape index (κ2) is 5.90. The Bertz CT molecular complexity index is 913. The molecule has 3 atom stereocenters. The van der Waals surface area contributed by atoms with E-state index >= 15 is 0 Å². The SMILES string of the molecule is N#CCC(O)[C@]1(O)C/C(=C\Cl)[C@@H](n2cnc3c(=O)[nH]c(N)nc32)C1. The Hall–Kier alpha value is -2.41. The first-order chi connectivity index (χ1) is 11.4. The molecule has 0 bridgehead atoms. The van der Waals surface area contributed by atoms with Gasteiger partial charge in [0.25, 0.3) is 5.56 Å². The molecule has 1 fully saturated rings. The number of nitrogen functional groups attached to an aromatic ring is 1. The van der Waals surface area contributed by atoms with Crippen LogP contribution in [0.15, 0.2) is 22.2 Å². The van der Waals surface area contributed by atoms with Crippen molar-refractivity contribution in [1.82, 2.24) is 19.5 Å². The molecule has 126 valence electrons. The number of aromatic amines is 1. The molecule has 1 saturated carbocycles. The van der Waals surface area contributed by atoms with Gasteiger partial charge in [0.15, 0.2) is 11.2 Å². The number of aliphatic hydroxyl groups is 2. The van der Waals surface area contributed by atoms with Crippen molar-refractivity contribution >= 4 is 28.7 Å². The monoisotopic (exact) mass is 350 g/mol. The van der Waals surface area contributed by atoms with E-state index in [1.807, 2.05) is 6.07 Å². The van der Waals surface area contributed by atoms with Gasteiger partial charge in [-0.1, -0.05) is 11.6 Å². The van der Waals surface area contributed by atoms with Crippen molar-refractivity contribution in [2.75, 3.05) is 5.73 Å². The number of hydrogen-bond acceptors (Lipinski definition) is 7. The molecule has 0 radical (unpaired) electrons. The average molecular weight is 351 g/mol. The molecular weight excluding hydrogens is 336 g/mol. The minimum atomic E-state index is -1.50. The molecule has 1 aliphatic carbocycles. The van der Waals surface area contributed by atoms with E-state index in [1.54, 1.807) is 4.57 Å². The Morgan fingerprint density at radius 2 is 2.46 bits per heavy atom. The molecule has 0 aliphatic heterocycles. The molecule has 2 aromatic heterocycles. The van der Waals surface area contributed by atoms with E-state index in [9.17, 15) is 15.0 Å². The molecule has 2 heterocycles. The van der Waals surface area contributed by atoms with Crippen LogP contribution in [0.5, 0.6) is 0 Å². The normalized spacial score (nSPS) is 26.8. The maximum atomic E-state index is 11.9. The number of fused-ring (bicyclic) bond motifs is 1. The molecule has 0 aromatic carbocycles. The number of nitriles is 1. The van der Waals surface area contributed by atoms with E-state index in [2.05, 4.69) is 15.0 Å². The summed E-state index contributed by atoms with van der Waals surface area (Å²) in [5.41, 5.74) is 5.96. The molecule has 3 rings (SSSR count). The summed E-state index contributed by atoms with van der Waals surface area (Å²) < 4.78 is 1.59. The number of anilines is 1. The second-order valence-corrected chi connectivity index (χ2v) is 6.06. The summed E-state index contributed by atoms with van der Waals surface area (Å²) in [6.07, 6.45) is 0.209. The van der Waals surface area contributed by atoms with E-state index in [0.29, 0.717) is 5.57 Å². The number of rotatable bonds is 3. The van der Waals surface area contributed by atoms with Crippen molar-refractivity contribution in [3.8, 4) is 6.07 Å². The third kappa shape index (κ3) is 2.54. The highest BCUT2D eigenvalue weighted by atomic mass is 35.5. The maximum absolute atomic E-state index is 11.9. The predicted octanol–water partition coefficient (Wildman–Crippen LogP) is 0.165. The van der Waals surface area contributed by atoms with Crippen LogP contribution in [-0.4, -0.2) is 41.4 Å². The van der Waals surface area contributed by atoms with Crippen LogP contribution in [0.2, 0.25) is 0 Å². The lowest BCUT2D eigenvalue weighted by atomic mass is 9.92. The van der Waals surface area contributed by atoms with Gasteiger partial charge in [-0.05, 0) is 5.57 Å². The first kappa shape index (κ1) is 16.4. The summed E-state index contributed by atoms with van der Waals surface area (Å²) in [6, 6.07) is 1.38. The lowest BCUT2D eigenvalue weighted by molar-refractivity contribution is -0.0677. The number of hydrogen-bond donors (Lipinski definition) is 4. The molecule has 0 amide bonds. The third-order valence-electron chi connectivity index (χ3n) is 4.32. The van der Waals surface area contributed by atoms with Crippen LogP contribution < -0.4 is 11.3 Å². The molecule has 10 heteroatoms. The largest absolute Gasteiger partial charge is 0.389 e. The highest BCUT2D eigenvalue weighted by Gasteiger charge is 2.46. The number of imidazole rings is 1. The summed E-state index contributed by atoms with van der Waals surface area (Å²) >= 11 is 5.88. The van der Waals surface area contributed by atoms with Gasteiger partial charge in [0.2, 0.25) is 5.95 Å². The quantitative estimate of drug-likeness (QED) is 0.614.